The molecule has 0 saturated heterocycles. The van der Waals surface area contributed by atoms with Gasteiger partial charge < -0.3 is 4.57 Å². The summed E-state index contributed by atoms with van der Waals surface area (Å²) < 4.78 is 19.3. The third-order valence-corrected chi connectivity index (χ3v) is 8.19. The molecule has 4 heterocycles. The van der Waals surface area contributed by atoms with Crippen LogP contribution in [0.4, 0.5) is 4.39 Å². The Kier molecular flexibility index (Phi) is 5.43. The van der Waals surface area contributed by atoms with Crippen molar-refractivity contribution in [3.05, 3.63) is 70.7 Å². The number of nitrogens with zero attached hydrogens (tertiary/aromatic N) is 7. The van der Waals surface area contributed by atoms with Crippen molar-refractivity contribution >= 4 is 10.9 Å². The van der Waals surface area contributed by atoms with Gasteiger partial charge in [0, 0.05) is 51.0 Å². The third kappa shape index (κ3) is 3.84. The molecule has 2 aromatic carbocycles. The highest BCUT2D eigenvalue weighted by Crippen LogP contribution is 2.45. The molecule has 1 saturated carbocycles. The predicted octanol–water partition coefficient (Wildman–Crippen LogP) is 4.74. The molecule has 38 heavy (non-hydrogen) atoms. The van der Waals surface area contributed by atoms with Gasteiger partial charge in [-0.2, -0.15) is 10.2 Å². The van der Waals surface area contributed by atoms with Crippen LogP contribution in [0.3, 0.4) is 0 Å². The molecular formula is C29H31FN8. The van der Waals surface area contributed by atoms with E-state index in [0.29, 0.717) is 35.1 Å². The molecule has 2 aliphatic rings. The minimum atomic E-state index is -0.310. The first-order valence-corrected chi connectivity index (χ1v) is 13.4. The SMILES string of the molecule is CCN1CCc2nc(-c3ccc(-c4nc(Cc5ccc6[nH]ncc6c5C5CC5)n(C)n4)cc3F)n(C)c2C1. The molecule has 1 fully saturated rings. The summed E-state index contributed by atoms with van der Waals surface area (Å²) in [7, 11) is 3.89. The molecule has 0 unspecified atom stereocenters. The van der Waals surface area contributed by atoms with E-state index in [0.717, 1.165) is 43.1 Å². The molecule has 194 valence electrons. The number of rotatable bonds is 6. The average Bonchev–Trinajstić information content (AvgIpc) is 3.39. The van der Waals surface area contributed by atoms with Gasteiger partial charge in [-0.05, 0) is 54.6 Å². The first kappa shape index (κ1) is 23.3. The zero-order chi connectivity index (χ0) is 26.0. The van der Waals surface area contributed by atoms with E-state index < -0.39 is 0 Å². The van der Waals surface area contributed by atoms with E-state index >= 15 is 4.39 Å². The first-order valence-electron chi connectivity index (χ1n) is 13.4. The Morgan fingerprint density at radius 2 is 1.97 bits per heavy atom. The predicted molar refractivity (Wildman–Crippen MR) is 144 cm³/mol. The molecule has 5 aromatic rings. The Labute approximate surface area is 220 Å². The van der Waals surface area contributed by atoms with Crippen LogP contribution in [-0.4, -0.2) is 52.5 Å². The third-order valence-electron chi connectivity index (χ3n) is 8.19. The lowest BCUT2D eigenvalue weighted by atomic mass is 9.96. The number of aryl methyl sites for hydroxylation is 1. The molecule has 1 aliphatic heterocycles. The standard InChI is InChI=1S/C29H31FN8/c1-4-38-12-11-24-25(16-38)36(2)29(32-24)20-9-7-19(13-22(20)30)28-33-26(37(3)35-28)14-18-8-10-23-21(15-31-34-23)27(18)17-5-6-17/h7-10,13,15,17H,4-6,11-12,14,16H2,1-3H3,(H,31,34). The van der Waals surface area contributed by atoms with Crippen LogP contribution in [0.15, 0.2) is 36.5 Å². The highest BCUT2D eigenvalue weighted by molar-refractivity contribution is 5.84. The Balaban J connectivity index is 1.19. The maximum Gasteiger partial charge on any atom is 0.181 e. The van der Waals surface area contributed by atoms with Gasteiger partial charge in [-0.15, -0.1) is 0 Å². The van der Waals surface area contributed by atoms with Crippen molar-refractivity contribution in [3.63, 3.8) is 0 Å². The van der Waals surface area contributed by atoms with E-state index in [-0.39, 0.29) is 5.82 Å². The van der Waals surface area contributed by atoms with Crippen molar-refractivity contribution in [2.24, 2.45) is 14.1 Å². The van der Waals surface area contributed by atoms with Crippen LogP contribution in [0.2, 0.25) is 0 Å². The van der Waals surface area contributed by atoms with Gasteiger partial charge >= 0.3 is 0 Å². The smallest absolute Gasteiger partial charge is 0.181 e. The molecule has 0 spiro atoms. The van der Waals surface area contributed by atoms with E-state index in [4.69, 9.17) is 9.97 Å². The summed E-state index contributed by atoms with van der Waals surface area (Å²) >= 11 is 0. The lowest BCUT2D eigenvalue weighted by Gasteiger charge is -2.25. The van der Waals surface area contributed by atoms with Crippen LogP contribution in [0, 0.1) is 5.82 Å². The summed E-state index contributed by atoms with van der Waals surface area (Å²) in [4.78, 5) is 12.0. The van der Waals surface area contributed by atoms with Crippen LogP contribution < -0.4 is 0 Å². The quantitative estimate of drug-likeness (QED) is 0.357. The Morgan fingerprint density at radius 3 is 2.76 bits per heavy atom. The van der Waals surface area contributed by atoms with Gasteiger partial charge in [0.05, 0.1) is 28.7 Å². The number of benzene rings is 2. The largest absolute Gasteiger partial charge is 0.330 e. The molecule has 8 nitrogen and oxygen atoms in total. The van der Waals surface area contributed by atoms with E-state index in [1.54, 1.807) is 0 Å². The van der Waals surface area contributed by atoms with E-state index in [1.165, 1.54) is 41.1 Å². The van der Waals surface area contributed by atoms with Gasteiger partial charge in [-0.1, -0.05) is 19.1 Å². The summed E-state index contributed by atoms with van der Waals surface area (Å²) in [6, 6.07) is 9.50. The molecular weight excluding hydrogens is 479 g/mol. The van der Waals surface area contributed by atoms with Gasteiger partial charge in [0.25, 0.3) is 0 Å². The zero-order valence-corrected chi connectivity index (χ0v) is 22.0. The maximum atomic E-state index is 15.5. The number of fused-ring (bicyclic) bond motifs is 2. The van der Waals surface area contributed by atoms with Crippen LogP contribution in [-0.2, 0) is 33.5 Å². The number of aromatic nitrogens is 7. The van der Waals surface area contributed by atoms with Crippen LogP contribution in [0.5, 0.6) is 0 Å². The lowest BCUT2D eigenvalue weighted by molar-refractivity contribution is 0.260. The topological polar surface area (TPSA) is 80.5 Å². The highest BCUT2D eigenvalue weighted by atomic mass is 19.1. The minimum absolute atomic E-state index is 0.310. The van der Waals surface area contributed by atoms with Crippen LogP contribution >= 0.6 is 0 Å². The van der Waals surface area contributed by atoms with Crippen molar-refractivity contribution in [2.45, 2.75) is 45.1 Å². The molecule has 1 aliphatic carbocycles. The summed E-state index contributed by atoms with van der Waals surface area (Å²) in [5, 5.41) is 13.2. The Morgan fingerprint density at radius 1 is 1.11 bits per heavy atom. The number of nitrogens with one attached hydrogen (secondary N) is 1. The summed E-state index contributed by atoms with van der Waals surface area (Å²) in [6.07, 6.45) is 5.92. The Hall–Kier alpha value is -3.85. The molecule has 3 aromatic heterocycles. The number of likely N-dealkylation sites (N-methyl/N-ethyl adjacent to an activating group) is 1. The van der Waals surface area contributed by atoms with Crippen LogP contribution in [0.25, 0.3) is 33.7 Å². The van der Waals surface area contributed by atoms with Gasteiger partial charge in [0.15, 0.2) is 5.82 Å². The maximum absolute atomic E-state index is 15.5. The van der Waals surface area contributed by atoms with Gasteiger partial charge in [-0.25, -0.2) is 14.4 Å². The fraction of sp³-hybridized carbons (Fsp3) is 0.379. The number of aromatic amines is 1. The van der Waals surface area contributed by atoms with E-state index in [2.05, 4.69) is 39.3 Å². The van der Waals surface area contributed by atoms with Gasteiger partial charge in [0.2, 0.25) is 0 Å². The molecule has 0 amide bonds. The first-order chi connectivity index (χ1) is 18.5. The molecule has 9 heteroatoms. The molecule has 0 atom stereocenters. The fourth-order valence-electron chi connectivity index (χ4n) is 5.84. The monoisotopic (exact) mass is 510 g/mol. The van der Waals surface area contributed by atoms with Crippen molar-refractivity contribution in [3.8, 4) is 22.8 Å². The number of H-pyrrole nitrogens is 1. The highest BCUT2D eigenvalue weighted by Gasteiger charge is 2.29. The summed E-state index contributed by atoms with van der Waals surface area (Å²) in [6.45, 7) is 5.02. The second kappa shape index (κ2) is 8.87. The van der Waals surface area contributed by atoms with Gasteiger partial charge in [0.1, 0.15) is 17.5 Å². The van der Waals surface area contributed by atoms with Gasteiger partial charge in [-0.3, -0.25) is 14.7 Å². The fourth-order valence-corrected chi connectivity index (χ4v) is 5.84. The zero-order valence-electron chi connectivity index (χ0n) is 22.0. The number of imidazole rings is 1. The van der Waals surface area contributed by atoms with E-state index in [9.17, 15) is 0 Å². The summed E-state index contributed by atoms with van der Waals surface area (Å²) in [5.74, 6) is 2.33. The summed E-state index contributed by atoms with van der Waals surface area (Å²) in [5.41, 5.74) is 7.12. The number of hydrogen-bond donors (Lipinski definition) is 1. The minimum Gasteiger partial charge on any atom is -0.330 e. The number of halogens is 1. The second-order valence-corrected chi connectivity index (χ2v) is 10.6. The van der Waals surface area contributed by atoms with Crippen molar-refractivity contribution in [1.82, 2.24) is 39.4 Å². The molecule has 7 rings (SSSR count). The molecule has 0 bridgehead atoms. The molecule has 1 N–H and O–H groups in total. The average molecular weight is 511 g/mol. The molecule has 0 radical (unpaired) electrons. The van der Waals surface area contributed by atoms with Crippen molar-refractivity contribution in [1.29, 1.82) is 0 Å². The Bertz CT molecular complexity index is 1670. The van der Waals surface area contributed by atoms with E-state index in [1.807, 2.05) is 41.7 Å². The lowest BCUT2D eigenvalue weighted by Crippen LogP contribution is -2.31. The second-order valence-electron chi connectivity index (χ2n) is 10.6. The van der Waals surface area contributed by atoms with Crippen molar-refractivity contribution < 1.29 is 4.39 Å². The normalized spacial score (nSPS) is 15.9. The van der Waals surface area contributed by atoms with Crippen LogP contribution in [0.1, 0.15) is 54.0 Å². The number of hydrogen-bond acceptors (Lipinski definition) is 5. The van der Waals surface area contributed by atoms with Crippen molar-refractivity contribution in [2.75, 3.05) is 13.1 Å².